The Morgan fingerprint density at radius 3 is 2.22 bits per heavy atom. The molecule has 0 amide bonds. The standard InChI is InChI=1S/C26H42O11/c1-10-11-5-6-12-20(33)25(11,9-24(12,4)34)7-14(28)26(35)15(10)17(30)21(23(26,2)3)37-22-19(32)18(31)16(29)13(8-27)36-22/h11-22,27-35H,1,5-9H2,2-4H3/t11-,12+,13+,14+,15+,16+,17-,18-,19+,20+,21-,22-,24+,25-,26+/m0/s1. The van der Waals surface area contributed by atoms with Crippen molar-refractivity contribution >= 4 is 0 Å². The number of hydrogen-bond donors (Lipinski definition) is 9. The Bertz CT molecular complexity index is 922. The first kappa shape index (κ1) is 27.9. The van der Waals surface area contributed by atoms with Gasteiger partial charge in [-0.05, 0) is 38.5 Å². The van der Waals surface area contributed by atoms with Gasteiger partial charge in [-0.3, -0.25) is 0 Å². The third-order valence-corrected chi connectivity index (χ3v) is 10.8. The number of rotatable bonds is 3. The fourth-order valence-corrected chi connectivity index (χ4v) is 8.90. The number of aliphatic hydroxyl groups is 9. The molecule has 1 saturated heterocycles. The van der Waals surface area contributed by atoms with Crippen LogP contribution < -0.4 is 0 Å². The van der Waals surface area contributed by atoms with E-state index in [1.807, 2.05) is 0 Å². The molecule has 4 saturated carbocycles. The highest BCUT2D eigenvalue weighted by Gasteiger charge is 2.75. The van der Waals surface area contributed by atoms with Gasteiger partial charge >= 0.3 is 0 Å². The molecular weight excluding hydrogens is 488 g/mol. The Morgan fingerprint density at radius 2 is 1.59 bits per heavy atom. The molecule has 4 aliphatic carbocycles. The highest BCUT2D eigenvalue weighted by molar-refractivity contribution is 5.34. The van der Waals surface area contributed by atoms with E-state index < -0.39 is 89.7 Å². The smallest absolute Gasteiger partial charge is 0.187 e. The van der Waals surface area contributed by atoms with Gasteiger partial charge in [-0.15, -0.1) is 0 Å². The molecule has 11 heteroatoms. The molecule has 2 bridgehead atoms. The molecule has 0 radical (unpaired) electrons. The summed E-state index contributed by atoms with van der Waals surface area (Å²) < 4.78 is 11.5. The largest absolute Gasteiger partial charge is 0.394 e. The van der Waals surface area contributed by atoms with Crippen molar-refractivity contribution in [1.82, 2.24) is 0 Å². The molecule has 1 aliphatic heterocycles. The molecule has 5 rings (SSSR count). The van der Waals surface area contributed by atoms with E-state index in [2.05, 4.69) is 6.58 Å². The lowest BCUT2D eigenvalue weighted by Gasteiger charge is -2.47. The van der Waals surface area contributed by atoms with E-state index >= 15 is 0 Å². The maximum atomic E-state index is 12.2. The summed E-state index contributed by atoms with van der Waals surface area (Å²) in [6.07, 6.45) is -11.4. The predicted octanol–water partition coefficient (Wildman–Crippen LogP) is -2.23. The average Bonchev–Trinajstić information content (AvgIpc) is 2.99. The van der Waals surface area contributed by atoms with Gasteiger partial charge in [0.1, 0.15) is 30.0 Å². The van der Waals surface area contributed by atoms with E-state index in [1.165, 1.54) is 0 Å². The second kappa shape index (κ2) is 8.65. The van der Waals surface area contributed by atoms with Crippen LogP contribution in [0.1, 0.15) is 46.5 Å². The topological polar surface area (TPSA) is 201 Å². The molecule has 0 unspecified atom stereocenters. The minimum atomic E-state index is -1.96. The summed E-state index contributed by atoms with van der Waals surface area (Å²) in [5.74, 6) is -1.81. The molecule has 5 aliphatic rings. The zero-order valence-electron chi connectivity index (χ0n) is 21.5. The molecule has 1 spiro atoms. The van der Waals surface area contributed by atoms with Gasteiger partial charge in [-0.2, -0.15) is 0 Å². The highest BCUT2D eigenvalue weighted by Crippen LogP contribution is 2.69. The van der Waals surface area contributed by atoms with Gasteiger partial charge in [0, 0.05) is 22.7 Å². The van der Waals surface area contributed by atoms with Gasteiger partial charge in [0.2, 0.25) is 0 Å². The number of fused-ring (bicyclic) bond motifs is 2. The molecule has 0 aromatic heterocycles. The Balaban J connectivity index is 1.50. The van der Waals surface area contributed by atoms with E-state index in [4.69, 9.17) is 9.47 Å². The van der Waals surface area contributed by atoms with Crippen LogP contribution in [0.15, 0.2) is 12.2 Å². The summed E-state index contributed by atoms with van der Waals surface area (Å²) >= 11 is 0. The summed E-state index contributed by atoms with van der Waals surface area (Å²) in [6, 6.07) is 0. The van der Waals surface area contributed by atoms with Crippen LogP contribution in [0.3, 0.4) is 0 Å². The quantitative estimate of drug-likeness (QED) is 0.179. The van der Waals surface area contributed by atoms with Gasteiger partial charge in [-0.25, -0.2) is 0 Å². The fourth-order valence-electron chi connectivity index (χ4n) is 8.90. The van der Waals surface area contributed by atoms with Gasteiger partial charge in [-0.1, -0.05) is 26.0 Å². The van der Waals surface area contributed by atoms with Crippen molar-refractivity contribution < 1.29 is 55.4 Å². The van der Waals surface area contributed by atoms with Crippen LogP contribution in [0.5, 0.6) is 0 Å². The van der Waals surface area contributed by atoms with Crippen molar-refractivity contribution in [2.45, 2.75) is 113 Å². The van der Waals surface area contributed by atoms with Crippen LogP contribution in [0.25, 0.3) is 0 Å². The summed E-state index contributed by atoms with van der Waals surface area (Å²) in [7, 11) is 0. The number of hydrogen-bond acceptors (Lipinski definition) is 11. The minimum absolute atomic E-state index is 0.0135. The van der Waals surface area contributed by atoms with E-state index in [0.29, 0.717) is 18.4 Å². The summed E-state index contributed by atoms with van der Waals surface area (Å²) in [5, 5.41) is 98.2. The summed E-state index contributed by atoms with van der Waals surface area (Å²) in [6.45, 7) is 8.53. The Labute approximate surface area is 216 Å². The summed E-state index contributed by atoms with van der Waals surface area (Å²) in [5.41, 5.74) is -4.90. The molecule has 15 atom stereocenters. The lowest BCUT2D eigenvalue weighted by atomic mass is 9.61. The minimum Gasteiger partial charge on any atom is -0.394 e. The van der Waals surface area contributed by atoms with Crippen molar-refractivity contribution in [2.24, 2.45) is 28.6 Å². The molecule has 11 nitrogen and oxygen atoms in total. The van der Waals surface area contributed by atoms with E-state index in [-0.39, 0.29) is 24.7 Å². The van der Waals surface area contributed by atoms with E-state index in [1.54, 1.807) is 20.8 Å². The zero-order chi connectivity index (χ0) is 27.5. The van der Waals surface area contributed by atoms with Crippen LogP contribution >= 0.6 is 0 Å². The van der Waals surface area contributed by atoms with Crippen molar-refractivity contribution in [1.29, 1.82) is 0 Å². The molecule has 37 heavy (non-hydrogen) atoms. The van der Waals surface area contributed by atoms with Gasteiger partial charge < -0.3 is 55.4 Å². The van der Waals surface area contributed by atoms with Crippen molar-refractivity contribution in [3.05, 3.63) is 12.2 Å². The normalized spacial score (nSPS) is 59.1. The molecule has 5 fully saturated rings. The lowest BCUT2D eigenvalue weighted by molar-refractivity contribution is -0.325. The number of aliphatic hydroxyl groups excluding tert-OH is 7. The van der Waals surface area contributed by atoms with Crippen molar-refractivity contribution in [3.63, 3.8) is 0 Å². The van der Waals surface area contributed by atoms with E-state index in [9.17, 15) is 46.0 Å². The van der Waals surface area contributed by atoms with Crippen LogP contribution in [-0.4, -0.2) is 119 Å². The maximum absolute atomic E-state index is 12.2. The van der Waals surface area contributed by atoms with Crippen molar-refractivity contribution in [2.75, 3.05) is 6.61 Å². The molecule has 0 aromatic rings. The first-order chi connectivity index (χ1) is 17.1. The van der Waals surface area contributed by atoms with Crippen LogP contribution in [0, 0.1) is 28.6 Å². The van der Waals surface area contributed by atoms with Crippen LogP contribution in [0.2, 0.25) is 0 Å². The van der Waals surface area contributed by atoms with Crippen LogP contribution in [0.4, 0.5) is 0 Å². The first-order valence-electron chi connectivity index (χ1n) is 13.2. The van der Waals surface area contributed by atoms with Crippen molar-refractivity contribution in [3.8, 4) is 0 Å². The molecule has 1 heterocycles. The first-order valence-corrected chi connectivity index (χ1v) is 13.2. The Hall–Kier alpha value is -0.700. The third kappa shape index (κ3) is 3.46. The van der Waals surface area contributed by atoms with E-state index in [0.717, 1.165) is 0 Å². The molecule has 9 N–H and O–H groups in total. The van der Waals surface area contributed by atoms with Crippen LogP contribution in [-0.2, 0) is 9.47 Å². The fraction of sp³-hybridized carbons (Fsp3) is 0.923. The summed E-state index contributed by atoms with van der Waals surface area (Å²) in [4.78, 5) is 0. The van der Waals surface area contributed by atoms with Gasteiger partial charge in [0.05, 0.1) is 36.6 Å². The van der Waals surface area contributed by atoms with Gasteiger partial charge in [0.25, 0.3) is 0 Å². The lowest BCUT2D eigenvalue weighted by Crippen LogP contribution is -2.61. The molecular formula is C26H42O11. The Morgan fingerprint density at radius 1 is 0.946 bits per heavy atom. The van der Waals surface area contributed by atoms with Gasteiger partial charge in [0.15, 0.2) is 6.29 Å². The monoisotopic (exact) mass is 530 g/mol. The highest BCUT2D eigenvalue weighted by atomic mass is 16.7. The number of ether oxygens (including phenoxy) is 2. The average molecular weight is 531 g/mol. The molecule has 0 aromatic carbocycles. The molecule has 212 valence electrons. The zero-order valence-corrected chi connectivity index (χ0v) is 21.5. The maximum Gasteiger partial charge on any atom is 0.187 e. The second-order valence-corrected chi connectivity index (χ2v) is 13.0. The Kier molecular flexibility index (Phi) is 6.51. The predicted molar refractivity (Wildman–Crippen MR) is 127 cm³/mol. The third-order valence-electron chi connectivity index (χ3n) is 10.8. The SMILES string of the molecule is C=C1[C@@H]2[C@H](O)[C@H](O[C@@H]3O[C@H](CO)[C@@H](O)[C@H](O)[C@H]3O)C(C)(C)[C@@]2(O)[C@H](O)C[C@]23C[C@@](C)(O)[C@H](CC[C@@H]12)[C@H]3O. The second-order valence-electron chi connectivity index (χ2n) is 13.0.